The molecule has 0 aliphatic carbocycles. The van der Waals surface area contributed by atoms with Crippen molar-refractivity contribution in [3.63, 3.8) is 0 Å². The summed E-state index contributed by atoms with van der Waals surface area (Å²) in [5, 5.41) is 25.5. The van der Waals surface area contributed by atoms with Crippen LogP contribution in [0.1, 0.15) is 201 Å². The molecule has 0 bridgehead atoms. The van der Waals surface area contributed by atoms with E-state index in [1.165, 1.54) is 83.5 Å². The summed E-state index contributed by atoms with van der Waals surface area (Å²) in [6.45, 7) is 5.71. The number of carbonyl (C=O) groups is 4. The molecule has 0 amide bonds. The molecular weight excluding hydrogens is 560 g/mol. The molecule has 0 unspecified atom stereocenters. The van der Waals surface area contributed by atoms with Crippen LogP contribution in [0.15, 0.2) is 0 Å². The smallest absolute Gasteiger partial charge is 0.306 e. The first-order chi connectivity index (χ1) is 20.9. The van der Waals surface area contributed by atoms with Gasteiger partial charge in [-0.2, -0.15) is 0 Å². The fraction of sp³-hybridized carbons (Fsp3) is 0.889. The van der Waals surface area contributed by atoms with Gasteiger partial charge in [0.25, 0.3) is 0 Å². The van der Waals surface area contributed by atoms with Crippen molar-refractivity contribution in [2.24, 2.45) is 0 Å². The molecule has 8 nitrogen and oxygen atoms in total. The quantitative estimate of drug-likeness (QED) is 0.0527. The Hall–Kier alpha value is -2.12. The molecule has 0 aromatic rings. The van der Waals surface area contributed by atoms with E-state index in [0.29, 0.717) is 25.7 Å². The van der Waals surface area contributed by atoms with E-state index >= 15 is 0 Å². The Morgan fingerprint density at radius 1 is 0.364 bits per heavy atom. The molecular formula is C36H68O8. The van der Waals surface area contributed by atoms with Gasteiger partial charge in [0.15, 0.2) is 0 Å². The van der Waals surface area contributed by atoms with Gasteiger partial charge in [-0.15, -0.1) is 0 Å². The van der Waals surface area contributed by atoms with E-state index in [2.05, 4.69) is 0 Å². The van der Waals surface area contributed by atoms with E-state index in [1.807, 2.05) is 20.8 Å². The van der Waals surface area contributed by atoms with Crippen LogP contribution in [0.25, 0.3) is 0 Å². The minimum atomic E-state index is -0.687. The van der Waals surface area contributed by atoms with Gasteiger partial charge in [-0.25, -0.2) is 0 Å². The standard InChI is InChI=1S/C20H38O4.C16H30O4/c1-20(2,3)24-19(23)17-15-13-11-9-7-5-4-6-8-10-12-14-16-18(21)22;17-15(18)13-11-9-7-5-3-1-2-4-6-8-10-12-14-16(19)20/h4-17H2,1-3H3,(H,21,22);1-14H2,(H,17,18)(H,19,20). The van der Waals surface area contributed by atoms with Gasteiger partial charge in [0, 0.05) is 25.7 Å². The lowest BCUT2D eigenvalue weighted by Gasteiger charge is -2.19. The Kier molecular flexibility index (Phi) is 32.3. The topological polar surface area (TPSA) is 138 Å². The average molecular weight is 629 g/mol. The Balaban J connectivity index is 0. The minimum absolute atomic E-state index is 0.0779. The van der Waals surface area contributed by atoms with Gasteiger partial charge >= 0.3 is 23.9 Å². The number of carboxylic acid groups (broad SMARTS) is 3. The normalized spacial score (nSPS) is 11.1. The predicted octanol–water partition coefficient (Wildman–Crippen LogP) is 10.5. The number of esters is 1. The van der Waals surface area contributed by atoms with Gasteiger partial charge in [0.05, 0.1) is 0 Å². The summed E-state index contributed by atoms with van der Waals surface area (Å²) in [5.41, 5.74) is -0.368. The number of aliphatic carboxylic acids is 3. The second-order valence-corrected chi connectivity index (χ2v) is 13.3. The molecule has 0 saturated carbocycles. The fourth-order valence-corrected chi connectivity index (χ4v) is 5.03. The van der Waals surface area contributed by atoms with Crippen LogP contribution < -0.4 is 0 Å². The van der Waals surface area contributed by atoms with E-state index in [0.717, 1.165) is 70.6 Å². The van der Waals surface area contributed by atoms with Gasteiger partial charge in [0.2, 0.25) is 0 Å². The number of hydrogen-bond acceptors (Lipinski definition) is 5. The fourth-order valence-electron chi connectivity index (χ4n) is 5.03. The van der Waals surface area contributed by atoms with Crippen molar-refractivity contribution in [3.05, 3.63) is 0 Å². The summed E-state index contributed by atoms with van der Waals surface area (Å²) in [6, 6.07) is 0. The lowest BCUT2D eigenvalue weighted by molar-refractivity contribution is -0.155. The van der Waals surface area contributed by atoms with Crippen LogP contribution >= 0.6 is 0 Å². The molecule has 0 fully saturated rings. The molecule has 0 saturated heterocycles. The maximum absolute atomic E-state index is 11.5. The monoisotopic (exact) mass is 628 g/mol. The highest BCUT2D eigenvalue weighted by molar-refractivity contribution is 5.69. The van der Waals surface area contributed by atoms with Crippen LogP contribution in [0.5, 0.6) is 0 Å². The van der Waals surface area contributed by atoms with Gasteiger partial charge in [-0.3, -0.25) is 19.2 Å². The maximum atomic E-state index is 11.5. The zero-order valence-electron chi connectivity index (χ0n) is 28.7. The van der Waals surface area contributed by atoms with Crippen LogP contribution in [0.4, 0.5) is 0 Å². The average Bonchev–Trinajstić information content (AvgIpc) is 2.92. The molecule has 0 aliphatic heterocycles. The highest BCUT2D eigenvalue weighted by Crippen LogP contribution is 2.15. The second kappa shape index (κ2) is 32.3. The molecule has 0 heterocycles. The Morgan fingerprint density at radius 2 is 0.545 bits per heavy atom. The van der Waals surface area contributed by atoms with Crippen LogP contribution in [-0.4, -0.2) is 44.8 Å². The lowest BCUT2D eigenvalue weighted by Crippen LogP contribution is -2.23. The molecule has 0 aliphatic rings. The van der Waals surface area contributed by atoms with Crippen LogP contribution in [0.3, 0.4) is 0 Å². The zero-order valence-corrected chi connectivity index (χ0v) is 28.7. The summed E-state index contributed by atoms with van der Waals surface area (Å²) in [4.78, 5) is 42.5. The van der Waals surface area contributed by atoms with Crippen molar-refractivity contribution in [1.82, 2.24) is 0 Å². The van der Waals surface area contributed by atoms with Gasteiger partial charge in [0.1, 0.15) is 5.60 Å². The number of rotatable bonds is 30. The van der Waals surface area contributed by atoms with E-state index in [-0.39, 0.29) is 11.6 Å². The molecule has 8 heteroatoms. The SMILES string of the molecule is CC(C)(C)OC(=O)CCCCCCCCCCCCCCC(=O)O.O=C(O)CCCCCCCCCCCCCCC(=O)O. The van der Waals surface area contributed by atoms with Crippen molar-refractivity contribution < 1.29 is 39.2 Å². The van der Waals surface area contributed by atoms with Crippen molar-refractivity contribution in [1.29, 1.82) is 0 Å². The summed E-state index contributed by atoms with van der Waals surface area (Å²) in [6.07, 6.45) is 28.9. The minimum Gasteiger partial charge on any atom is -0.481 e. The molecule has 0 radical (unpaired) electrons. The molecule has 3 N–H and O–H groups in total. The first-order valence-corrected chi connectivity index (χ1v) is 17.8. The molecule has 0 rings (SSSR count). The second-order valence-electron chi connectivity index (χ2n) is 13.3. The first-order valence-electron chi connectivity index (χ1n) is 17.8. The lowest BCUT2D eigenvalue weighted by atomic mass is 10.0. The molecule has 0 atom stereocenters. The summed E-state index contributed by atoms with van der Waals surface area (Å²) in [7, 11) is 0. The predicted molar refractivity (Wildman–Crippen MR) is 178 cm³/mol. The summed E-state index contributed by atoms with van der Waals surface area (Å²) in [5.74, 6) is -2.13. The Morgan fingerprint density at radius 3 is 0.727 bits per heavy atom. The molecule has 0 aromatic heterocycles. The van der Waals surface area contributed by atoms with Gasteiger partial charge < -0.3 is 20.1 Å². The number of carboxylic acids is 3. The third kappa shape index (κ3) is 44.3. The van der Waals surface area contributed by atoms with E-state index in [9.17, 15) is 19.2 Å². The van der Waals surface area contributed by atoms with Crippen LogP contribution in [0, 0.1) is 0 Å². The number of carbonyl (C=O) groups excluding carboxylic acids is 1. The molecule has 44 heavy (non-hydrogen) atoms. The van der Waals surface area contributed by atoms with Gasteiger partial charge in [-0.1, -0.05) is 128 Å². The van der Waals surface area contributed by atoms with Gasteiger partial charge in [-0.05, 0) is 46.5 Å². The summed E-state index contributed by atoms with van der Waals surface area (Å²) >= 11 is 0. The van der Waals surface area contributed by atoms with Crippen molar-refractivity contribution in [2.75, 3.05) is 0 Å². The highest BCUT2D eigenvalue weighted by atomic mass is 16.6. The number of ether oxygens (including phenoxy) is 1. The Labute approximate surface area is 269 Å². The Bertz CT molecular complexity index is 673. The maximum Gasteiger partial charge on any atom is 0.306 e. The number of hydrogen-bond donors (Lipinski definition) is 3. The van der Waals surface area contributed by atoms with Crippen molar-refractivity contribution in [3.8, 4) is 0 Å². The summed E-state index contributed by atoms with van der Waals surface area (Å²) < 4.78 is 5.29. The van der Waals surface area contributed by atoms with Crippen LogP contribution in [-0.2, 0) is 23.9 Å². The first kappa shape index (κ1) is 44.0. The molecule has 0 aromatic carbocycles. The third-order valence-electron chi connectivity index (χ3n) is 7.47. The number of unbranched alkanes of at least 4 members (excludes halogenated alkanes) is 22. The molecule has 0 spiro atoms. The highest BCUT2D eigenvalue weighted by Gasteiger charge is 2.15. The van der Waals surface area contributed by atoms with E-state index in [1.54, 1.807) is 0 Å². The van der Waals surface area contributed by atoms with Crippen molar-refractivity contribution in [2.45, 2.75) is 206 Å². The largest absolute Gasteiger partial charge is 0.481 e. The van der Waals surface area contributed by atoms with Crippen molar-refractivity contribution >= 4 is 23.9 Å². The zero-order chi connectivity index (χ0) is 33.3. The van der Waals surface area contributed by atoms with Crippen LogP contribution in [0.2, 0.25) is 0 Å². The molecule has 260 valence electrons. The van der Waals surface area contributed by atoms with E-state index in [4.69, 9.17) is 20.1 Å². The van der Waals surface area contributed by atoms with E-state index < -0.39 is 17.9 Å². The third-order valence-corrected chi connectivity index (χ3v) is 7.47.